The van der Waals surface area contributed by atoms with Gasteiger partial charge in [0.15, 0.2) is 0 Å². The SMILES string of the molecule is CCOc1ccccc1CCC(=O)N(CC(=O)OC)C(C)C. The van der Waals surface area contributed by atoms with Gasteiger partial charge in [-0.1, -0.05) is 18.2 Å². The molecule has 0 heterocycles. The van der Waals surface area contributed by atoms with E-state index in [4.69, 9.17) is 4.74 Å². The minimum absolute atomic E-state index is 0.0138. The van der Waals surface area contributed by atoms with Gasteiger partial charge < -0.3 is 14.4 Å². The third kappa shape index (κ3) is 5.39. The van der Waals surface area contributed by atoms with E-state index in [0.29, 0.717) is 19.4 Å². The van der Waals surface area contributed by atoms with Crippen molar-refractivity contribution in [1.82, 2.24) is 4.90 Å². The largest absolute Gasteiger partial charge is 0.494 e. The molecule has 0 spiro atoms. The van der Waals surface area contributed by atoms with Crippen molar-refractivity contribution in [2.75, 3.05) is 20.3 Å². The topological polar surface area (TPSA) is 55.8 Å². The molecule has 0 saturated carbocycles. The van der Waals surface area contributed by atoms with Crippen LogP contribution in [0.25, 0.3) is 0 Å². The number of hydrogen-bond acceptors (Lipinski definition) is 4. The van der Waals surface area contributed by atoms with Crippen LogP contribution in [0.4, 0.5) is 0 Å². The molecule has 0 bridgehead atoms. The van der Waals surface area contributed by atoms with Crippen LogP contribution >= 0.6 is 0 Å². The molecule has 0 atom stereocenters. The van der Waals surface area contributed by atoms with E-state index in [-0.39, 0.29) is 18.5 Å². The van der Waals surface area contributed by atoms with Crippen LogP contribution in [0.5, 0.6) is 5.75 Å². The van der Waals surface area contributed by atoms with Gasteiger partial charge in [-0.3, -0.25) is 9.59 Å². The molecule has 0 aromatic heterocycles. The summed E-state index contributed by atoms with van der Waals surface area (Å²) in [6.07, 6.45) is 0.915. The second kappa shape index (κ2) is 9.07. The first-order chi connectivity index (χ1) is 10.5. The molecule has 1 amide bonds. The number of carbonyl (C=O) groups excluding carboxylic acids is 2. The van der Waals surface area contributed by atoms with E-state index >= 15 is 0 Å². The van der Waals surface area contributed by atoms with Crippen LogP contribution in [-0.4, -0.2) is 43.1 Å². The maximum Gasteiger partial charge on any atom is 0.325 e. The number of para-hydroxylation sites is 1. The van der Waals surface area contributed by atoms with E-state index in [2.05, 4.69) is 4.74 Å². The molecule has 0 fully saturated rings. The number of methoxy groups -OCH3 is 1. The third-order valence-corrected chi connectivity index (χ3v) is 3.35. The highest BCUT2D eigenvalue weighted by Crippen LogP contribution is 2.20. The lowest BCUT2D eigenvalue weighted by Gasteiger charge is -2.25. The Morgan fingerprint density at radius 1 is 1.23 bits per heavy atom. The van der Waals surface area contributed by atoms with E-state index < -0.39 is 5.97 Å². The van der Waals surface area contributed by atoms with Crippen LogP contribution in [0.3, 0.4) is 0 Å². The van der Waals surface area contributed by atoms with Crippen LogP contribution in [0.15, 0.2) is 24.3 Å². The minimum atomic E-state index is -0.406. The van der Waals surface area contributed by atoms with Crippen LogP contribution < -0.4 is 4.74 Å². The molecule has 5 nitrogen and oxygen atoms in total. The first-order valence-electron chi connectivity index (χ1n) is 7.56. The van der Waals surface area contributed by atoms with Crippen LogP contribution in [-0.2, 0) is 20.7 Å². The summed E-state index contributed by atoms with van der Waals surface area (Å²) in [4.78, 5) is 25.3. The summed E-state index contributed by atoms with van der Waals surface area (Å²) in [5.41, 5.74) is 1.000. The van der Waals surface area contributed by atoms with Crippen molar-refractivity contribution in [2.24, 2.45) is 0 Å². The monoisotopic (exact) mass is 307 g/mol. The van der Waals surface area contributed by atoms with Crippen molar-refractivity contribution < 1.29 is 19.1 Å². The van der Waals surface area contributed by atoms with E-state index in [0.717, 1.165) is 11.3 Å². The van der Waals surface area contributed by atoms with E-state index in [1.807, 2.05) is 45.0 Å². The second-order valence-corrected chi connectivity index (χ2v) is 5.23. The Morgan fingerprint density at radius 2 is 1.91 bits per heavy atom. The lowest BCUT2D eigenvalue weighted by atomic mass is 10.1. The van der Waals surface area contributed by atoms with Crippen molar-refractivity contribution in [2.45, 2.75) is 39.7 Å². The number of nitrogens with zero attached hydrogens (tertiary/aromatic N) is 1. The Labute approximate surface area is 132 Å². The molecule has 1 aromatic carbocycles. The number of esters is 1. The smallest absolute Gasteiger partial charge is 0.325 e. The standard InChI is InChI=1S/C17H25NO4/c1-5-22-15-9-7-6-8-14(15)10-11-16(19)18(13(2)3)12-17(20)21-4/h6-9,13H,5,10-12H2,1-4H3. The van der Waals surface area contributed by atoms with Gasteiger partial charge in [0.05, 0.1) is 13.7 Å². The highest BCUT2D eigenvalue weighted by Gasteiger charge is 2.20. The van der Waals surface area contributed by atoms with Crippen LogP contribution in [0.1, 0.15) is 32.8 Å². The summed E-state index contributed by atoms with van der Waals surface area (Å²) >= 11 is 0. The van der Waals surface area contributed by atoms with Crippen LogP contribution in [0, 0.1) is 0 Å². The summed E-state index contributed by atoms with van der Waals surface area (Å²) in [5.74, 6) is 0.338. The summed E-state index contributed by atoms with van der Waals surface area (Å²) < 4.78 is 10.2. The maximum absolute atomic E-state index is 12.4. The molecule has 0 aliphatic rings. The lowest BCUT2D eigenvalue weighted by molar-refractivity contribution is -0.148. The van der Waals surface area contributed by atoms with Crippen molar-refractivity contribution in [1.29, 1.82) is 0 Å². The second-order valence-electron chi connectivity index (χ2n) is 5.23. The molecular weight excluding hydrogens is 282 g/mol. The molecule has 0 unspecified atom stereocenters. The molecule has 1 aromatic rings. The highest BCUT2D eigenvalue weighted by atomic mass is 16.5. The fourth-order valence-electron chi connectivity index (χ4n) is 2.15. The fourth-order valence-corrected chi connectivity index (χ4v) is 2.15. The van der Waals surface area contributed by atoms with Crippen molar-refractivity contribution in [3.63, 3.8) is 0 Å². The van der Waals surface area contributed by atoms with Gasteiger partial charge >= 0.3 is 5.97 Å². The first-order valence-corrected chi connectivity index (χ1v) is 7.56. The number of amides is 1. The number of rotatable bonds is 8. The molecule has 22 heavy (non-hydrogen) atoms. The summed E-state index contributed by atoms with van der Waals surface area (Å²) in [6.45, 7) is 6.27. The summed E-state index contributed by atoms with van der Waals surface area (Å²) in [5, 5.41) is 0. The van der Waals surface area contributed by atoms with Gasteiger partial charge in [0.1, 0.15) is 12.3 Å². The van der Waals surface area contributed by atoms with Gasteiger partial charge in [-0.15, -0.1) is 0 Å². The van der Waals surface area contributed by atoms with E-state index in [1.54, 1.807) is 0 Å². The Bertz CT molecular complexity index is 499. The fraction of sp³-hybridized carbons (Fsp3) is 0.529. The minimum Gasteiger partial charge on any atom is -0.494 e. The van der Waals surface area contributed by atoms with Gasteiger partial charge in [0, 0.05) is 12.5 Å². The number of ether oxygens (including phenoxy) is 2. The van der Waals surface area contributed by atoms with Crippen LogP contribution in [0.2, 0.25) is 0 Å². The zero-order valence-corrected chi connectivity index (χ0v) is 13.8. The molecule has 1 rings (SSSR count). The van der Waals surface area contributed by atoms with Gasteiger partial charge in [-0.2, -0.15) is 0 Å². The quantitative estimate of drug-likeness (QED) is 0.692. The number of hydrogen-bond donors (Lipinski definition) is 0. The normalized spacial score (nSPS) is 10.4. The number of aryl methyl sites for hydroxylation is 1. The Balaban J connectivity index is 2.69. The van der Waals surface area contributed by atoms with Gasteiger partial charge in [0.25, 0.3) is 0 Å². The Hall–Kier alpha value is -2.04. The summed E-state index contributed by atoms with van der Waals surface area (Å²) in [7, 11) is 1.32. The highest BCUT2D eigenvalue weighted by molar-refractivity contribution is 5.82. The first kappa shape index (κ1) is 18.0. The molecule has 5 heteroatoms. The molecule has 0 aliphatic heterocycles. The molecule has 0 radical (unpaired) electrons. The number of benzene rings is 1. The Kier molecular flexibility index (Phi) is 7.43. The van der Waals surface area contributed by atoms with Gasteiger partial charge in [-0.25, -0.2) is 0 Å². The molecular formula is C17H25NO4. The van der Waals surface area contributed by atoms with Crippen molar-refractivity contribution >= 4 is 11.9 Å². The average Bonchev–Trinajstić information content (AvgIpc) is 2.51. The average molecular weight is 307 g/mol. The van der Waals surface area contributed by atoms with Gasteiger partial charge in [0.2, 0.25) is 5.91 Å². The third-order valence-electron chi connectivity index (χ3n) is 3.35. The Morgan fingerprint density at radius 3 is 2.50 bits per heavy atom. The predicted molar refractivity (Wildman–Crippen MR) is 84.8 cm³/mol. The lowest BCUT2D eigenvalue weighted by Crippen LogP contribution is -2.41. The summed E-state index contributed by atoms with van der Waals surface area (Å²) in [6, 6.07) is 7.65. The molecule has 122 valence electrons. The maximum atomic E-state index is 12.4. The van der Waals surface area contributed by atoms with E-state index in [1.165, 1.54) is 12.0 Å². The zero-order valence-electron chi connectivity index (χ0n) is 13.8. The van der Waals surface area contributed by atoms with Crippen molar-refractivity contribution in [3.05, 3.63) is 29.8 Å². The molecule has 0 aliphatic carbocycles. The van der Waals surface area contributed by atoms with Gasteiger partial charge in [-0.05, 0) is 38.8 Å². The molecule has 0 N–H and O–H groups in total. The number of carbonyl (C=O) groups is 2. The predicted octanol–water partition coefficient (Wildman–Crippen LogP) is 2.43. The molecule has 0 saturated heterocycles. The van der Waals surface area contributed by atoms with E-state index in [9.17, 15) is 9.59 Å². The van der Waals surface area contributed by atoms with Crippen molar-refractivity contribution in [3.8, 4) is 5.75 Å². The zero-order chi connectivity index (χ0) is 16.5.